The summed E-state index contributed by atoms with van der Waals surface area (Å²) in [6.45, 7) is 0. The van der Waals surface area contributed by atoms with Crippen LogP contribution in [0.3, 0.4) is 0 Å². The lowest BCUT2D eigenvalue weighted by Gasteiger charge is -2.21. The van der Waals surface area contributed by atoms with Crippen molar-refractivity contribution in [1.29, 1.82) is 0 Å². The van der Waals surface area contributed by atoms with Crippen molar-refractivity contribution in [2.45, 2.75) is 38.1 Å². The maximum absolute atomic E-state index is 12.7. The minimum atomic E-state index is -0.667. The highest BCUT2D eigenvalue weighted by molar-refractivity contribution is 5.92. The van der Waals surface area contributed by atoms with Gasteiger partial charge in [-0.15, -0.1) is 0 Å². The van der Waals surface area contributed by atoms with Crippen molar-refractivity contribution < 1.29 is 4.79 Å². The van der Waals surface area contributed by atoms with E-state index in [-0.39, 0.29) is 5.91 Å². The van der Waals surface area contributed by atoms with E-state index in [1.807, 2.05) is 0 Å². The van der Waals surface area contributed by atoms with Crippen molar-refractivity contribution in [2.24, 2.45) is 5.92 Å². The molecule has 0 spiro atoms. The fourth-order valence-corrected chi connectivity index (χ4v) is 3.23. The van der Waals surface area contributed by atoms with Crippen LogP contribution in [0.1, 0.15) is 38.1 Å². The van der Waals surface area contributed by atoms with Gasteiger partial charge in [0.25, 0.3) is 5.56 Å². The molecule has 7 nitrogen and oxygen atoms in total. The van der Waals surface area contributed by atoms with Gasteiger partial charge in [0, 0.05) is 18.5 Å². The molecule has 126 valence electrons. The quantitative estimate of drug-likeness (QED) is 0.873. The van der Waals surface area contributed by atoms with Crippen LogP contribution in [0.4, 0.5) is 5.82 Å². The molecular formula is C17H20N4O3. The van der Waals surface area contributed by atoms with E-state index in [2.05, 4.69) is 15.3 Å². The van der Waals surface area contributed by atoms with Crippen molar-refractivity contribution >= 4 is 11.7 Å². The number of rotatable bonds is 5. The van der Waals surface area contributed by atoms with Crippen LogP contribution >= 0.6 is 0 Å². The van der Waals surface area contributed by atoms with Crippen LogP contribution < -0.4 is 16.6 Å². The lowest BCUT2D eigenvalue weighted by Crippen LogP contribution is -2.37. The van der Waals surface area contributed by atoms with Crippen molar-refractivity contribution in [2.75, 3.05) is 5.32 Å². The summed E-state index contributed by atoms with van der Waals surface area (Å²) in [6, 6.07) is 5.83. The molecule has 1 aliphatic carbocycles. The molecule has 3 rings (SSSR count). The van der Waals surface area contributed by atoms with Crippen LogP contribution in [0.25, 0.3) is 0 Å². The summed E-state index contributed by atoms with van der Waals surface area (Å²) >= 11 is 0. The molecule has 1 unspecified atom stereocenters. The van der Waals surface area contributed by atoms with Crippen molar-refractivity contribution in [3.63, 3.8) is 0 Å². The second kappa shape index (κ2) is 7.25. The van der Waals surface area contributed by atoms with Gasteiger partial charge in [0.1, 0.15) is 11.9 Å². The Morgan fingerprint density at radius 2 is 2.08 bits per heavy atom. The third-order valence-corrected chi connectivity index (χ3v) is 4.44. The topological polar surface area (TPSA) is 96.8 Å². The molecule has 1 amide bonds. The van der Waals surface area contributed by atoms with Crippen molar-refractivity contribution in [1.82, 2.24) is 14.5 Å². The molecule has 2 aromatic rings. The van der Waals surface area contributed by atoms with Gasteiger partial charge in [0.15, 0.2) is 0 Å². The molecule has 0 radical (unpaired) electrons. The number of carbonyl (C=O) groups is 1. The number of amides is 1. The Morgan fingerprint density at radius 1 is 1.29 bits per heavy atom. The molecule has 0 saturated heterocycles. The first-order chi connectivity index (χ1) is 11.6. The molecule has 2 N–H and O–H groups in total. The van der Waals surface area contributed by atoms with E-state index in [0.717, 1.165) is 25.7 Å². The van der Waals surface area contributed by atoms with Crippen LogP contribution in [0, 0.1) is 5.92 Å². The van der Waals surface area contributed by atoms with E-state index in [0.29, 0.717) is 18.2 Å². The van der Waals surface area contributed by atoms with Gasteiger partial charge in [0.05, 0.1) is 0 Å². The summed E-state index contributed by atoms with van der Waals surface area (Å²) < 4.78 is 1.30. The number of aromatic nitrogens is 3. The number of nitrogens with zero attached hydrogens (tertiary/aromatic N) is 2. The molecule has 1 atom stereocenters. The summed E-state index contributed by atoms with van der Waals surface area (Å²) in [4.78, 5) is 42.5. The predicted molar refractivity (Wildman–Crippen MR) is 89.8 cm³/mol. The van der Waals surface area contributed by atoms with Crippen LogP contribution in [-0.2, 0) is 4.79 Å². The molecule has 7 heteroatoms. The lowest BCUT2D eigenvalue weighted by atomic mass is 9.97. The van der Waals surface area contributed by atoms with Crippen LogP contribution in [0.15, 0.2) is 46.2 Å². The molecule has 1 fully saturated rings. The molecule has 0 bridgehead atoms. The third-order valence-electron chi connectivity index (χ3n) is 4.44. The largest absolute Gasteiger partial charge is 0.329 e. The summed E-state index contributed by atoms with van der Waals surface area (Å²) in [6.07, 6.45) is 7.98. The third kappa shape index (κ3) is 3.79. The Bertz CT molecular complexity index is 806. The van der Waals surface area contributed by atoms with Gasteiger partial charge < -0.3 is 5.32 Å². The fraction of sp³-hybridized carbons (Fsp3) is 0.412. The van der Waals surface area contributed by atoms with Gasteiger partial charge >= 0.3 is 5.69 Å². The monoisotopic (exact) mass is 328 g/mol. The lowest BCUT2D eigenvalue weighted by molar-refractivity contribution is -0.119. The van der Waals surface area contributed by atoms with Crippen LogP contribution in [0.2, 0.25) is 0 Å². The maximum atomic E-state index is 12.7. The zero-order valence-corrected chi connectivity index (χ0v) is 13.3. The van der Waals surface area contributed by atoms with E-state index in [1.54, 1.807) is 24.4 Å². The van der Waals surface area contributed by atoms with Gasteiger partial charge in [-0.3, -0.25) is 19.1 Å². The minimum absolute atomic E-state index is 0.297. The number of anilines is 1. The van der Waals surface area contributed by atoms with Crippen LogP contribution in [0.5, 0.6) is 0 Å². The van der Waals surface area contributed by atoms with Gasteiger partial charge in [-0.2, -0.15) is 0 Å². The first kappa shape index (κ1) is 16.2. The highest BCUT2D eigenvalue weighted by Crippen LogP contribution is 2.32. The smallest absolute Gasteiger partial charge is 0.309 e. The number of carbonyl (C=O) groups excluding carboxylic acids is 1. The Labute approximate surface area is 138 Å². The van der Waals surface area contributed by atoms with E-state index in [1.165, 1.54) is 16.8 Å². The van der Waals surface area contributed by atoms with Gasteiger partial charge in [-0.1, -0.05) is 31.7 Å². The number of hydrogen-bond acceptors (Lipinski definition) is 4. The normalized spacial score (nSPS) is 16.0. The molecule has 24 heavy (non-hydrogen) atoms. The standard InChI is InChI=1S/C17H20N4O3/c22-15-8-10-21(17(24)20-15)13(11-12-5-1-2-6-12)16(23)19-14-7-3-4-9-18-14/h3-4,7-10,12-13H,1-2,5-6,11H2,(H,18,19,23)(H,20,22,24). The summed E-state index contributed by atoms with van der Waals surface area (Å²) in [5, 5.41) is 2.75. The number of H-pyrrole nitrogens is 1. The van der Waals surface area contributed by atoms with Crippen molar-refractivity contribution in [3.8, 4) is 0 Å². The molecule has 0 aliphatic heterocycles. The average molecular weight is 328 g/mol. The highest BCUT2D eigenvalue weighted by Gasteiger charge is 2.27. The molecule has 1 saturated carbocycles. The van der Waals surface area contributed by atoms with Gasteiger partial charge in [-0.25, -0.2) is 9.78 Å². The average Bonchev–Trinajstić information content (AvgIpc) is 3.07. The zero-order chi connectivity index (χ0) is 16.9. The van der Waals surface area contributed by atoms with E-state index < -0.39 is 17.3 Å². The second-order valence-electron chi connectivity index (χ2n) is 6.12. The number of pyridine rings is 1. The zero-order valence-electron chi connectivity index (χ0n) is 13.3. The van der Waals surface area contributed by atoms with E-state index in [4.69, 9.17) is 0 Å². The number of aromatic amines is 1. The van der Waals surface area contributed by atoms with E-state index >= 15 is 0 Å². The first-order valence-corrected chi connectivity index (χ1v) is 8.17. The van der Waals surface area contributed by atoms with Gasteiger partial charge in [-0.05, 0) is 24.5 Å². The molecular weight excluding hydrogens is 308 g/mol. The summed E-state index contributed by atoms with van der Waals surface area (Å²) in [5.41, 5.74) is -1.04. The summed E-state index contributed by atoms with van der Waals surface area (Å²) in [5.74, 6) is 0.550. The SMILES string of the molecule is O=C(Nc1ccccn1)C(CC1CCCC1)n1ccc(=O)[nH]c1=O. The Balaban J connectivity index is 1.87. The number of hydrogen-bond donors (Lipinski definition) is 2. The summed E-state index contributed by atoms with van der Waals surface area (Å²) in [7, 11) is 0. The Hall–Kier alpha value is -2.70. The minimum Gasteiger partial charge on any atom is -0.309 e. The van der Waals surface area contributed by atoms with E-state index in [9.17, 15) is 14.4 Å². The van der Waals surface area contributed by atoms with Crippen molar-refractivity contribution in [3.05, 3.63) is 57.5 Å². The van der Waals surface area contributed by atoms with Gasteiger partial charge in [0.2, 0.25) is 5.91 Å². The maximum Gasteiger partial charge on any atom is 0.329 e. The fourth-order valence-electron chi connectivity index (χ4n) is 3.23. The van der Waals surface area contributed by atoms with Crippen LogP contribution in [-0.4, -0.2) is 20.4 Å². The predicted octanol–water partition coefficient (Wildman–Crippen LogP) is 1.69. The number of nitrogens with one attached hydrogen (secondary N) is 2. The molecule has 1 aliphatic rings. The Morgan fingerprint density at radius 3 is 2.75 bits per heavy atom. The molecule has 0 aromatic carbocycles. The Kier molecular flexibility index (Phi) is 4.88. The first-order valence-electron chi connectivity index (χ1n) is 8.17. The molecule has 2 heterocycles. The second-order valence-corrected chi connectivity index (χ2v) is 6.12. The molecule has 2 aromatic heterocycles. The highest BCUT2D eigenvalue weighted by atomic mass is 16.2.